The van der Waals surface area contributed by atoms with E-state index in [4.69, 9.17) is 5.73 Å². The third-order valence-electron chi connectivity index (χ3n) is 2.64. The van der Waals surface area contributed by atoms with Gasteiger partial charge >= 0.3 is 0 Å². The number of aryl methyl sites for hydroxylation is 1. The third-order valence-corrected chi connectivity index (χ3v) is 2.64. The molecule has 106 valence electrons. The van der Waals surface area contributed by atoms with Crippen LogP contribution in [0.5, 0.6) is 0 Å². The van der Waals surface area contributed by atoms with Gasteiger partial charge in [0.1, 0.15) is 5.82 Å². The molecule has 0 saturated heterocycles. The normalized spacial score (nSPS) is 13.3. The number of hydrazone groups is 1. The maximum Gasteiger partial charge on any atom is 0.139 e. The van der Waals surface area contributed by atoms with Crippen molar-refractivity contribution in [3.05, 3.63) is 59.6 Å². The van der Waals surface area contributed by atoms with Crippen molar-refractivity contribution in [3.63, 3.8) is 0 Å². The molecule has 3 N–H and O–H groups in total. The highest BCUT2D eigenvalue weighted by Gasteiger charge is 2.00. The number of nitrogens with two attached hydrogens (primary N) is 1. The van der Waals surface area contributed by atoms with E-state index in [0.29, 0.717) is 11.5 Å². The average Bonchev–Trinajstić information content (AvgIpc) is 2.35. The van der Waals surface area contributed by atoms with E-state index >= 15 is 0 Å². The van der Waals surface area contributed by atoms with Crippen LogP contribution in [0.25, 0.3) is 0 Å². The first-order valence-corrected chi connectivity index (χ1v) is 6.44. The number of nitrogens with zero attached hydrogens (tertiary/aromatic N) is 2. The van der Waals surface area contributed by atoms with E-state index in [1.54, 1.807) is 6.08 Å². The maximum absolute atomic E-state index is 5.59. The standard InChI is InChI=1S/C16H22N4/c1-11-8-6-7-9-16(11)14(4)19-20-15(5)18-13(3)10-12(2)17/h6-10,20H,5,17H2,1-4H3/b12-10-,18-13-,19-14+. The monoisotopic (exact) mass is 270 g/mol. The number of rotatable bonds is 5. The van der Waals surface area contributed by atoms with Crippen molar-refractivity contribution in [1.29, 1.82) is 0 Å². The average molecular weight is 270 g/mol. The molecular formula is C16H22N4. The Balaban J connectivity index is 2.76. The Labute approximate surface area is 120 Å². The Kier molecular flexibility index (Phi) is 5.72. The van der Waals surface area contributed by atoms with E-state index in [2.05, 4.69) is 35.1 Å². The maximum atomic E-state index is 5.59. The number of allylic oxidation sites excluding steroid dienone is 2. The van der Waals surface area contributed by atoms with Gasteiger partial charge in [-0.1, -0.05) is 30.8 Å². The summed E-state index contributed by atoms with van der Waals surface area (Å²) in [5, 5.41) is 4.30. The van der Waals surface area contributed by atoms with Gasteiger partial charge in [0.05, 0.1) is 5.71 Å². The summed E-state index contributed by atoms with van der Waals surface area (Å²) in [6, 6.07) is 8.09. The van der Waals surface area contributed by atoms with E-state index in [1.807, 2.05) is 39.0 Å². The van der Waals surface area contributed by atoms with Crippen LogP contribution in [-0.4, -0.2) is 11.4 Å². The lowest BCUT2D eigenvalue weighted by atomic mass is 10.1. The van der Waals surface area contributed by atoms with E-state index in [0.717, 1.165) is 17.0 Å². The molecule has 1 rings (SSSR count). The first kappa shape index (κ1) is 15.7. The molecule has 0 fully saturated rings. The fourth-order valence-corrected chi connectivity index (χ4v) is 1.79. The summed E-state index contributed by atoms with van der Waals surface area (Å²) in [6.07, 6.45) is 1.78. The van der Waals surface area contributed by atoms with Crippen LogP contribution in [0.3, 0.4) is 0 Å². The summed E-state index contributed by atoms with van der Waals surface area (Å²) >= 11 is 0. The quantitative estimate of drug-likeness (QED) is 0.638. The van der Waals surface area contributed by atoms with E-state index in [9.17, 15) is 0 Å². The Morgan fingerprint density at radius 2 is 1.90 bits per heavy atom. The molecule has 1 aromatic carbocycles. The lowest BCUT2D eigenvalue weighted by molar-refractivity contribution is 0.875. The fraction of sp³-hybridized carbons (Fsp3) is 0.250. The third kappa shape index (κ3) is 5.10. The molecule has 1 aromatic rings. The number of hydrogen-bond donors (Lipinski definition) is 2. The number of benzene rings is 1. The Bertz CT molecular complexity index is 576. The van der Waals surface area contributed by atoms with Crippen LogP contribution in [-0.2, 0) is 0 Å². The number of nitrogens with one attached hydrogen (secondary N) is 1. The van der Waals surface area contributed by atoms with Crippen LogP contribution >= 0.6 is 0 Å². The highest BCUT2D eigenvalue weighted by atomic mass is 15.3. The molecule has 4 nitrogen and oxygen atoms in total. The minimum atomic E-state index is 0.480. The van der Waals surface area contributed by atoms with Gasteiger partial charge in [-0.05, 0) is 39.3 Å². The summed E-state index contributed by atoms with van der Waals surface area (Å²) in [6.45, 7) is 11.5. The zero-order valence-electron chi connectivity index (χ0n) is 12.6. The lowest BCUT2D eigenvalue weighted by Crippen LogP contribution is -2.09. The Morgan fingerprint density at radius 1 is 1.25 bits per heavy atom. The van der Waals surface area contributed by atoms with Gasteiger partial charge in [0.2, 0.25) is 0 Å². The first-order chi connectivity index (χ1) is 9.40. The zero-order chi connectivity index (χ0) is 15.1. The Hall–Kier alpha value is -2.36. The van der Waals surface area contributed by atoms with Crippen LogP contribution < -0.4 is 11.2 Å². The summed E-state index contributed by atoms with van der Waals surface area (Å²) in [5.41, 5.74) is 13.1. The molecule has 0 aliphatic rings. The number of hydrogen-bond acceptors (Lipinski definition) is 4. The van der Waals surface area contributed by atoms with Crippen molar-refractivity contribution in [3.8, 4) is 0 Å². The second kappa shape index (κ2) is 7.28. The molecule has 4 heteroatoms. The highest BCUT2D eigenvalue weighted by Crippen LogP contribution is 2.08. The first-order valence-electron chi connectivity index (χ1n) is 6.44. The predicted octanol–water partition coefficient (Wildman–Crippen LogP) is 3.10. The van der Waals surface area contributed by atoms with E-state index in [-0.39, 0.29) is 0 Å². The van der Waals surface area contributed by atoms with Gasteiger partial charge in [-0.3, -0.25) is 5.43 Å². The van der Waals surface area contributed by atoms with Crippen molar-refractivity contribution >= 4 is 11.4 Å². The van der Waals surface area contributed by atoms with E-state index < -0.39 is 0 Å². The summed E-state index contributed by atoms with van der Waals surface area (Å²) in [7, 11) is 0. The molecule has 0 heterocycles. The van der Waals surface area contributed by atoms with Crippen LogP contribution in [0.1, 0.15) is 31.9 Å². The molecule has 0 saturated carbocycles. The molecule has 0 bridgehead atoms. The van der Waals surface area contributed by atoms with Crippen LogP contribution in [0, 0.1) is 6.92 Å². The molecule has 0 atom stereocenters. The fourth-order valence-electron chi connectivity index (χ4n) is 1.79. The second-order valence-electron chi connectivity index (χ2n) is 4.71. The van der Waals surface area contributed by atoms with Crippen molar-refractivity contribution < 1.29 is 0 Å². The Morgan fingerprint density at radius 3 is 2.50 bits per heavy atom. The molecule has 0 unspecified atom stereocenters. The minimum absolute atomic E-state index is 0.480. The van der Waals surface area contributed by atoms with Crippen molar-refractivity contribution in [2.45, 2.75) is 27.7 Å². The molecule has 20 heavy (non-hydrogen) atoms. The van der Waals surface area contributed by atoms with Crippen LogP contribution in [0.15, 0.2) is 58.5 Å². The van der Waals surface area contributed by atoms with Crippen LogP contribution in [0.4, 0.5) is 0 Å². The smallest absolute Gasteiger partial charge is 0.139 e. The molecule has 0 aromatic heterocycles. The van der Waals surface area contributed by atoms with E-state index in [1.165, 1.54) is 5.56 Å². The second-order valence-corrected chi connectivity index (χ2v) is 4.71. The molecule has 0 radical (unpaired) electrons. The summed E-state index contributed by atoms with van der Waals surface area (Å²) in [5.74, 6) is 0.480. The highest BCUT2D eigenvalue weighted by molar-refractivity contribution is 5.99. The minimum Gasteiger partial charge on any atom is -0.402 e. The lowest BCUT2D eigenvalue weighted by Gasteiger charge is -2.06. The van der Waals surface area contributed by atoms with Crippen molar-refractivity contribution in [2.24, 2.45) is 15.8 Å². The van der Waals surface area contributed by atoms with Gasteiger partial charge < -0.3 is 5.73 Å². The summed E-state index contributed by atoms with van der Waals surface area (Å²) in [4.78, 5) is 4.25. The topological polar surface area (TPSA) is 62.8 Å². The molecular weight excluding hydrogens is 248 g/mol. The zero-order valence-corrected chi connectivity index (χ0v) is 12.6. The molecule has 0 spiro atoms. The van der Waals surface area contributed by atoms with Gasteiger partial charge in [0, 0.05) is 17.0 Å². The largest absolute Gasteiger partial charge is 0.402 e. The van der Waals surface area contributed by atoms with Crippen LogP contribution in [0.2, 0.25) is 0 Å². The summed E-state index contributed by atoms with van der Waals surface area (Å²) < 4.78 is 0. The number of aliphatic imine (C=N–C) groups is 1. The van der Waals surface area contributed by atoms with Gasteiger partial charge in [-0.25, -0.2) is 4.99 Å². The predicted molar refractivity (Wildman–Crippen MR) is 86.7 cm³/mol. The van der Waals surface area contributed by atoms with Gasteiger partial charge in [-0.2, -0.15) is 5.10 Å². The molecule has 0 amide bonds. The molecule has 0 aliphatic heterocycles. The van der Waals surface area contributed by atoms with Gasteiger partial charge in [0.25, 0.3) is 0 Å². The van der Waals surface area contributed by atoms with Crippen molar-refractivity contribution in [1.82, 2.24) is 5.43 Å². The molecule has 0 aliphatic carbocycles. The van der Waals surface area contributed by atoms with Crippen molar-refractivity contribution in [2.75, 3.05) is 0 Å². The van der Waals surface area contributed by atoms with Gasteiger partial charge in [0.15, 0.2) is 0 Å². The van der Waals surface area contributed by atoms with Gasteiger partial charge in [-0.15, -0.1) is 0 Å². The SMILES string of the molecule is C=C(/N=C(C)\C=C(\C)N)N/N=C(\C)c1ccccc1C.